The standard InChI is InChI=1S/C7H7N3O3S/c11-7-5(9-14(12)13)4-8-10-3-1-2-6(7)10/h1-4,8-9H,(H,12,13)/p-1. The summed E-state index contributed by atoms with van der Waals surface area (Å²) < 4.78 is 24.2. The highest BCUT2D eigenvalue weighted by atomic mass is 32.2. The number of anilines is 1. The van der Waals surface area contributed by atoms with Crippen LogP contribution in [-0.4, -0.2) is 18.4 Å². The van der Waals surface area contributed by atoms with Gasteiger partial charge in [-0.1, -0.05) is 0 Å². The highest BCUT2D eigenvalue weighted by Gasteiger charge is 2.03. The van der Waals surface area contributed by atoms with Crippen LogP contribution in [0, 0.1) is 0 Å². The Morgan fingerprint density at radius 2 is 2.36 bits per heavy atom. The Balaban J connectivity index is 2.62. The fraction of sp³-hybridized carbons (Fsp3) is 0. The minimum atomic E-state index is -2.49. The predicted octanol–water partition coefficient (Wildman–Crippen LogP) is -0.166. The van der Waals surface area contributed by atoms with E-state index in [1.54, 1.807) is 18.3 Å². The summed E-state index contributed by atoms with van der Waals surface area (Å²) in [5.41, 5.74) is 0.0305. The van der Waals surface area contributed by atoms with Crippen LogP contribution in [0.2, 0.25) is 0 Å². The predicted molar refractivity (Wildman–Crippen MR) is 50.6 cm³/mol. The van der Waals surface area contributed by atoms with Crippen molar-refractivity contribution in [2.75, 3.05) is 4.72 Å². The average Bonchev–Trinajstić information content (AvgIpc) is 2.57. The van der Waals surface area contributed by atoms with Crippen LogP contribution in [0.3, 0.4) is 0 Å². The van der Waals surface area contributed by atoms with Crippen LogP contribution in [0.1, 0.15) is 0 Å². The number of nitrogens with one attached hydrogen (secondary N) is 2. The number of aromatic nitrogens is 2. The smallest absolute Gasteiger partial charge is 0.229 e. The van der Waals surface area contributed by atoms with E-state index in [0.717, 1.165) is 0 Å². The van der Waals surface area contributed by atoms with E-state index in [4.69, 9.17) is 0 Å². The number of hydrogen-bond donors (Lipinski definition) is 2. The average molecular weight is 212 g/mol. The molecule has 0 aliphatic carbocycles. The van der Waals surface area contributed by atoms with Crippen LogP contribution >= 0.6 is 0 Å². The first kappa shape index (κ1) is 8.97. The fourth-order valence-electron chi connectivity index (χ4n) is 1.18. The second kappa shape index (κ2) is 3.28. The van der Waals surface area contributed by atoms with Crippen LogP contribution in [-0.2, 0) is 11.3 Å². The third-order valence-corrected chi connectivity index (χ3v) is 2.15. The summed E-state index contributed by atoms with van der Waals surface area (Å²) in [4.78, 5) is 11.5. The SMILES string of the molecule is O=c1c(NS(=O)[O-])c[nH]n2cccc12. The van der Waals surface area contributed by atoms with E-state index in [1.807, 2.05) is 4.72 Å². The largest absolute Gasteiger partial charge is 0.755 e. The lowest BCUT2D eigenvalue weighted by Gasteiger charge is -2.07. The molecule has 0 aromatic carbocycles. The van der Waals surface area contributed by atoms with Crippen molar-refractivity contribution in [1.82, 2.24) is 9.61 Å². The normalized spacial score (nSPS) is 12.9. The molecule has 14 heavy (non-hydrogen) atoms. The van der Waals surface area contributed by atoms with Gasteiger partial charge in [-0.2, -0.15) is 0 Å². The molecule has 2 aromatic rings. The van der Waals surface area contributed by atoms with Gasteiger partial charge in [-0.05, 0) is 12.1 Å². The molecule has 7 heteroatoms. The van der Waals surface area contributed by atoms with Crippen molar-refractivity contribution in [3.8, 4) is 0 Å². The summed E-state index contributed by atoms with van der Waals surface area (Å²) in [5.74, 6) is 0. The summed E-state index contributed by atoms with van der Waals surface area (Å²) in [6, 6.07) is 3.28. The summed E-state index contributed by atoms with van der Waals surface area (Å²) in [5, 5.41) is 2.73. The van der Waals surface area contributed by atoms with Crippen LogP contribution in [0.5, 0.6) is 0 Å². The highest BCUT2D eigenvalue weighted by molar-refractivity contribution is 7.80. The van der Waals surface area contributed by atoms with Crippen molar-refractivity contribution in [3.63, 3.8) is 0 Å². The maximum Gasteiger partial charge on any atom is 0.229 e. The summed E-state index contributed by atoms with van der Waals surface area (Å²) >= 11 is -2.49. The maximum absolute atomic E-state index is 11.5. The zero-order valence-corrected chi connectivity index (χ0v) is 7.71. The van der Waals surface area contributed by atoms with Gasteiger partial charge in [0, 0.05) is 23.7 Å². The van der Waals surface area contributed by atoms with E-state index in [2.05, 4.69) is 5.10 Å². The molecule has 1 unspecified atom stereocenters. The van der Waals surface area contributed by atoms with Gasteiger partial charge in [-0.15, -0.1) is 0 Å². The molecule has 1 atom stereocenters. The molecule has 0 saturated carbocycles. The lowest BCUT2D eigenvalue weighted by atomic mass is 10.4. The van der Waals surface area contributed by atoms with Gasteiger partial charge < -0.3 is 9.27 Å². The van der Waals surface area contributed by atoms with Gasteiger partial charge in [0.05, 0.1) is 0 Å². The summed E-state index contributed by atoms with van der Waals surface area (Å²) in [6.07, 6.45) is 2.96. The molecule has 74 valence electrons. The third kappa shape index (κ3) is 1.42. The zero-order valence-electron chi connectivity index (χ0n) is 6.89. The van der Waals surface area contributed by atoms with Crippen LogP contribution in [0.25, 0.3) is 5.52 Å². The molecule has 0 fully saturated rings. The van der Waals surface area contributed by atoms with Gasteiger partial charge in [0.1, 0.15) is 11.2 Å². The van der Waals surface area contributed by atoms with Crippen molar-refractivity contribution in [1.29, 1.82) is 0 Å². The van der Waals surface area contributed by atoms with E-state index < -0.39 is 11.3 Å². The molecule has 2 rings (SSSR count). The first-order valence-electron chi connectivity index (χ1n) is 3.73. The molecular weight excluding hydrogens is 206 g/mol. The summed E-state index contributed by atoms with van der Waals surface area (Å²) in [6.45, 7) is 0. The minimum absolute atomic E-state index is 0.00420. The lowest BCUT2D eigenvalue weighted by molar-refractivity contribution is 0.542. The number of fused-ring (bicyclic) bond motifs is 1. The molecule has 0 bridgehead atoms. The number of nitrogens with zero attached hydrogens (tertiary/aromatic N) is 1. The van der Waals surface area contributed by atoms with Gasteiger partial charge >= 0.3 is 0 Å². The quantitative estimate of drug-likeness (QED) is 0.677. The van der Waals surface area contributed by atoms with Crippen molar-refractivity contribution in [2.45, 2.75) is 0 Å². The Hall–Kier alpha value is -1.60. The van der Waals surface area contributed by atoms with Crippen LogP contribution < -0.4 is 10.2 Å². The van der Waals surface area contributed by atoms with E-state index in [1.165, 1.54) is 10.7 Å². The second-order valence-electron chi connectivity index (χ2n) is 2.62. The third-order valence-electron chi connectivity index (χ3n) is 1.77. The van der Waals surface area contributed by atoms with Gasteiger partial charge in [0.25, 0.3) is 0 Å². The molecule has 0 saturated heterocycles. The van der Waals surface area contributed by atoms with Crippen molar-refractivity contribution >= 4 is 22.5 Å². The fourth-order valence-corrected chi connectivity index (χ4v) is 1.51. The highest BCUT2D eigenvalue weighted by Crippen LogP contribution is 2.02. The van der Waals surface area contributed by atoms with Gasteiger partial charge in [-0.25, -0.2) is 0 Å². The van der Waals surface area contributed by atoms with E-state index >= 15 is 0 Å². The monoisotopic (exact) mass is 212 g/mol. The molecule has 2 heterocycles. The molecule has 2 N–H and O–H groups in total. The number of hydrogen-bond acceptors (Lipinski definition) is 3. The van der Waals surface area contributed by atoms with E-state index in [0.29, 0.717) is 5.52 Å². The van der Waals surface area contributed by atoms with Crippen LogP contribution in [0.4, 0.5) is 5.69 Å². The van der Waals surface area contributed by atoms with Crippen LogP contribution in [0.15, 0.2) is 29.3 Å². The summed E-state index contributed by atoms with van der Waals surface area (Å²) in [7, 11) is 0. The Kier molecular flexibility index (Phi) is 2.10. The van der Waals surface area contributed by atoms with Gasteiger partial charge in [0.15, 0.2) is 0 Å². The minimum Gasteiger partial charge on any atom is -0.755 e. The van der Waals surface area contributed by atoms with E-state index in [9.17, 15) is 13.6 Å². The van der Waals surface area contributed by atoms with Crippen molar-refractivity contribution < 1.29 is 8.76 Å². The van der Waals surface area contributed by atoms with E-state index in [-0.39, 0.29) is 11.1 Å². The second-order valence-corrected chi connectivity index (χ2v) is 3.29. The Morgan fingerprint density at radius 1 is 1.57 bits per heavy atom. The number of rotatable bonds is 2. The molecule has 0 radical (unpaired) electrons. The molecule has 0 aliphatic rings. The molecular formula is C7H6N3O3S-. The Labute approximate surface area is 81.0 Å². The Morgan fingerprint density at radius 3 is 3.07 bits per heavy atom. The molecule has 2 aromatic heterocycles. The Bertz CT molecular complexity index is 544. The van der Waals surface area contributed by atoms with Gasteiger partial charge in [0.2, 0.25) is 5.43 Å². The maximum atomic E-state index is 11.5. The topological polar surface area (TPSA) is 89.4 Å². The first-order valence-corrected chi connectivity index (χ1v) is 4.80. The molecule has 6 nitrogen and oxygen atoms in total. The van der Waals surface area contributed by atoms with Crippen molar-refractivity contribution in [3.05, 3.63) is 34.7 Å². The lowest BCUT2D eigenvalue weighted by Crippen LogP contribution is -2.15. The molecule has 0 aliphatic heterocycles. The molecule has 0 amide bonds. The number of aromatic amines is 1. The van der Waals surface area contributed by atoms with Gasteiger partial charge in [-0.3, -0.25) is 18.6 Å². The first-order chi connectivity index (χ1) is 6.68. The zero-order chi connectivity index (χ0) is 10.1. The number of H-pyrrole nitrogens is 1. The van der Waals surface area contributed by atoms with Crippen molar-refractivity contribution in [2.24, 2.45) is 0 Å². The molecule has 0 spiro atoms.